The number of hydrazone groups is 1. The largest absolute Gasteiger partial charge is 0.527 e. The third kappa shape index (κ3) is 3.57. The molecule has 1 aromatic rings. The Kier molecular flexibility index (Phi) is 4.72. The number of hydrogen-bond acceptors (Lipinski definition) is 4. The zero-order chi connectivity index (χ0) is 18.3. The molecule has 0 saturated heterocycles. The number of nitrogens with zero attached hydrogens (tertiary/aromatic N) is 2. The standard InChI is InChI=1S/C13H10BrF5N2O3/c1-7-6-11(23,12(15,16)24-13(17,18)19)21(20-7)10(22)8-3-2-4-9(14)5-8/h2-5,23H,6H2,1H3/t11-/m0/s1. The van der Waals surface area contributed by atoms with Gasteiger partial charge in [0.15, 0.2) is 0 Å². The molecule has 132 valence electrons. The van der Waals surface area contributed by atoms with E-state index >= 15 is 0 Å². The van der Waals surface area contributed by atoms with Gasteiger partial charge in [-0.25, -0.2) is 4.74 Å². The molecule has 24 heavy (non-hydrogen) atoms. The normalized spacial score (nSPS) is 21.8. The monoisotopic (exact) mass is 416 g/mol. The van der Waals surface area contributed by atoms with E-state index in [9.17, 15) is 31.9 Å². The van der Waals surface area contributed by atoms with Crippen molar-refractivity contribution in [2.45, 2.75) is 31.5 Å². The number of halogens is 6. The van der Waals surface area contributed by atoms with Crippen molar-refractivity contribution in [2.75, 3.05) is 0 Å². The molecule has 0 bridgehead atoms. The number of carbonyl (C=O) groups excluding carboxylic acids is 1. The Balaban J connectivity index is 2.41. The zero-order valence-electron chi connectivity index (χ0n) is 11.9. The first-order valence-corrected chi connectivity index (χ1v) is 7.16. The number of hydrogen-bond donors (Lipinski definition) is 1. The molecular formula is C13H10BrF5N2O3. The van der Waals surface area contributed by atoms with Crippen molar-refractivity contribution in [1.29, 1.82) is 0 Å². The fraction of sp³-hybridized carbons (Fsp3) is 0.385. The molecule has 0 unspecified atom stereocenters. The molecule has 0 saturated carbocycles. The lowest BCUT2D eigenvalue weighted by Gasteiger charge is -2.36. The number of rotatable bonds is 3. The van der Waals surface area contributed by atoms with Crippen LogP contribution in [0.1, 0.15) is 23.7 Å². The maximum Gasteiger partial charge on any atom is 0.527 e. The summed E-state index contributed by atoms with van der Waals surface area (Å²) >= 11 is 3.07. The summed E-state index contributed by atoms with van der Waals surface area (Å²) in [5.41, 5.74) is -3.93. The van der Waals surface area contributed by atoms with Gasteiger partial charge >= 0.3 is 12.5 Å². The summed E-state index contributed by atoms with van der Waals surface area (Å²) < 4.78 is 67.7. The summed E-state index contributed by atoms with van der Waals surface area (Å²) in [6.45, 7) is 1.18. The van der Waals surface area contributed by atoms with Crippen molar-refractivity contribution in [2.24, 2.45) is 5.10 Å². The molecule has 0 aromatic heterocycles. The summed E-state index contributed by atoms with van der Waals surface area (Å²) in [4.78, 5) is 12.3. The molecule has 0 radical (unpaired) electrons. The molecule has 0 aliphatic carbocycles. The highest BCUT2D eigenvalue weighted by atomic mass is 79.9. The van der Waals surface area contributed by atoms with Gasteiger partial charge in [-0.3, -0.25) is 4.79 Å². The fourth-order valence-electron chi connectivity index (χ4n) is 2.13. The first-order valence-electron chi connectivity index (χ1n) is 6.37. The topological polar surface area (TPSA) is 62.1 Å². The Hall–Kier alpha value is -1.59. The number of benzene rings is 1. The molecule has 1 atom stereocenters. The molecule has 11 heteroatoms. The summed E-state index contributed by atoms with van der Waals surface area (Å²) in [6, 6.07) is 5.43. The smallest absolute Gasteiger partial charge is 0.362 e. The Morgan fingerprint density at radius 3 is 2.54 bits per heavy atom. The van der Waals surface area contributed by atoms with Crippen molar-refractivity contribution in [3.8, 4) is 0 Å². The lowest BCUT2D eigenvalue weighted by molar-refractivity contribution is -0.468. The van der Waals surface area contributed by atoms with E-state index in [1.165, 1.54) is 25.1 Å². The van der Waals surface area contributed by atoms with Crippen LogP contribution in [0, 0.1) is 0 Å². The minimum Gasteiger partial charge on any atom is -0.362 e. The van der Waals surface area contributed by atoms with Crippen LogP contribution in [0.25, 0.3) is 0 Å². The van der Waals surface area contributed by atoms with Crippen LogP contribution in [0.5, 0.6) is 0 Å². The second kappa shape index (κ2) is 6.05. The average molecular weight is 417 g/mol. The molecule has 5 nitrogen and oxygen atoms in total. The highest BCUT2D eigenvalue weighted by Crippen LogP contribution is 2.43. The van der Waals surface area contributed by atoms with Crippen LogP contribution in [-0.2, 0) is 4.74 Å². The Bertz CT molecular complexity index is 694. The predicted molar refractivity (Wildman–Crippen MR) is 75.1 cm³/mol. The number of carbonyl (C=O) groups is 1. The molecule has 1 heterocycles. The van der Waals surface area contributed by atoms with Gasteiger partial charge in [0.05, 0.1) is 0 Å². The zero-order valence-corrected chi connectivity index (χ0v) is 13.5. The minimum atomic E-state index is -5.72. The summed E-state index contributed by atoms with van der Waals surface area (Å²) in [7, 11) is 0. The van der Waals surface area contributed by atoms with Gasteiger partial charge in [0.1, 0.15) is 0 Å². The molecule has 1 N–H and O–H groups in total. The quantitative estimate of drug-likeness (QED) is 0.767. The van der Waals surface area contributed by atoms with Crippen molar-refractivity contribution in [1.82, 2.24) is 5.01 Å². The highest BCUT2D eigenvalue weighted by molar-refractivity contribution is 9.10. The van der Waals surface area contributed by atoms with Crippen LogP contribution in [0.2, 0.25) is 0 Å². The Morgan fingerprint density at radius 1 is 1.38 bits per heavy atom. The number of alkyl halides is 5. The number of aliphatic hydroxyl groups is 1. The lowest BCUT2D eigenvalue weighted by atomic mass is 10.1. The van der Waals surface area contributed by atoms with E-state index in [0.717, 1.165) is 0 Å². The minimum absolute atomic E-state index is 0.0875. The number of amides is 1. The van der Waals surface area contributed by atoms with Crippen LogP contribution < -0.4 is 0 Å². The van der Waals surface area contributed by atoms with Crippen molar-refractivity contribution in [3.63, 3.8) is 0 Å². The summed E-state index contributed by atoms with van der Waals surface area (Å²) in [6.07, 6.45) is -11.9. The lowest BCUT2D eigenvalue weighted by Crippen LogP contribution is -2.61. The molecule has 0 spiro atoms. The third-order valence-electron chi connectivity index (χ3n) is 3.10. The van der Waals surface area contributed by atoms with Crippen LogP contribution in [0.3, 0.4) is 0 Å². The Labute approximate surface area is 140 Å². The fourth-order valence-corrected chi connectivity index (χ4v) is 2.53. The van der Waals surface area contributed by atoms with Crippen molar-refractivity contribution >= 4 is 27.5 Å². The van der Waals surface area contributed by atoms with Gasteiger partial charge in [0.25, 0.3) is 11.6 Å². The molecule has 1 aliphatic rings. The van der Waals surface area contributed by atoms with Gasteiger partial charge in [-0.15, -0.1) is 13.2 Å². The first-order chi connectivity index (χ1) is 10.9. The van der Waals surface area contributed by atoms with Crippen LogP contribution in [0.15, 0.2) is 33.8 Å². The highest BCUT2D eigenvalue weighted by Gasteiger charge is 2.66. The van der Waals surface area contributed by atoms with E-state index in [1.54, 1.807) is 6.07 Å². The second-order valence-corrected chi connectivity index (χ2v) is 5.94. The van der Waals surface area contributed by atoms with Gasteiger partial charge in [-0.2, -0.15) is 18.9 Å². The molecule has 1 aliphatic heterocycles. The Morgan fingerprint density at radius 2 is 2.00 bits per heavy atom. The average Bonchev–Trinajstić information content (AvgIpc) is 2.72. The van der Waals surface area contributed by atoms with Gasteiger partial charge in [0.2, 0.25) is 0 Å². The third-order valence-corrected chi connectivity index (χ3v) is 3.59. The van der Waals surface area contributed by atoms with E-state index in [2.05, 4.69) is 25.8 Å². The van der Waals surface area contributed by atoms with E-state index in [4.69, 9.17) is 0 Å². The molecule has 2 rings (SSSR count). The number of ether oxygens (including phenoxy) is 1. The van der Waals surface area contributed by atoms with Gasteiger partial charge in [0, 0.05) is 22.2 Å². The van der Waals surface area contributed by atoms with E-state index in [1.807, 2.05) is 0 Å². The molecular weight excluding hydrogens is 407 g/mol. The van der Waals surface area contributed by atoms with Gasteiger partial charge in [-0.1, -0.05) is 22.0 Å². The summed E-state index contributed by atoms with van der Waals surface area (Å²) in [5.74, 6) is -1.21. The van der Waals surface area contributed by atoms with Crippen LogP contribution in [-0.4, -0.2) is 39.9 Å². The van der Waals surface area contributed by atoms with E-state index in [0.29, 0.717) is 4.47 Å². The maximum atomic E-state index is 13.9. The molecule has 1 amide bonds. The van der Waals surface area contributed by atoms with E-state index in [-0.39, 0.29) is 16.3 Å². The van der Waals surface area contributed by atoms with Crippen molar-refractivity contribution in [3.05, 3.63) is 34.3 Å². The summed E-state index contributed by atoms with van der Waals surface area (Å²) in [5, 5.41) is 13.5. The molecule has 1 aromatic carbocycles. The SMILES string of the molecule is CC1=NN(C(=O)c2cccc(Br)c2)[C@@](O)(C(F)(F)OC(F)(F)F)C1. The van der Waals surface area contributed by atoms with Gasteiger partial charge < -0.3 is 5.11 Å². The second-order valence-electron chi connectivity index (χ2n) is 5.02. The first kappa shape index (κ1) is 18.7. The van der Waals surface area contributed by atoms with Crippen LogP contribution in [0.4, 0.5) is 22.0 Å². The van der Waals surface area contributed by atoms with Crippen LogP contribution >= 0.6 is 15.9 Å². The van der Waals surface area contributed by atoms with Crippen molar-refractivity contribution < 1.29 is 36.6 Å². The van der Waals surface area contributed by atoms with E-state index < -0.39 is 30.5 Å². The maximum absolute atomic E-state index is 13.9. The predicted octanol–water partition coefficient (Wildman–Crippen LogP) is 3.49. The molecule has 0 fully saturated rings. The van der Waals surface area contributed by atoms with Gasteiger partial charge in [-0.05, 0) is 25.1 Å².